The summed E-state index contributed by atoms with van der Waals surface area (Å²) in [5.74, 6) is 4.66. The molecular weight excluding hydrogens is 287 g/mol. The average Bonchev–Trinajstić information content (AvgIpc) is 2.52. The van der Waals surface area contributed by atoms with Crippen LogP contribution in [0.25, 0.3) is 0 Å². The highest BCUT2D eigenvalue weighted by Gasteiger charge is 2.35. The van der Waals surface area contributed by atoms with Crippen molar-refractivity contribution in [3.8, 4) is 11.8 Å². The fraction of sp³-hybridized carbons (Fsp3) is 0.167. The van der Waals surface area contributed by atoms with E-state index in [0.29, 0.717) is 11.1 Å². The van der Waals surface area contributed by atoms with E-state index in [1.165, 1.54) is 0 Å². The van der Waals surface area contributed by atoms with Gasteiger partial charge in [-0.25, -0.2) is 0 Å². The second-order valence-corrected chi connectivity index (χ2v) is 4.68. The molecule has 1 nitrogen and oxygen atoms in total. The van der Waals surface area contributed by atoms with Gasteiger partial charge in [0.05, 0.1) is 6.04 Å². The zero-order valence-corrected chi connectivity index (χ0v) is 11.9. The standard InChI is InChI=1S/C18H14F3N/c1-14(16-10-6-3-7-11-16)22-17(18(19,20)21)13-12-15-8-4-2-5-9-15/h2-11,14H,1H3/t14-/m0/s1. The van der Waals surface area contributed by atoms with E-state index in [-0.39, 0.29) is 0 Å². The first-order valence-corrected chi connectivity index (χ1v) is 6.74. The summed E-state index contributed by atoms with van der Waals surface area (Å²) in [7, 11) is 0. The maximum atomic E-state index is 13.1. The second kappa shape index (κ2) is 6.95. The van der Waals surface area contributed by atoms with Crippen LogP contribution < -0.4 is 0 Å². The molecule has 0 amide bonds. The fourth-order valence-electron chi connectivity index (χ4n) is 1.83. The lowest BCUT2D eigenvalue weighted by Crippen LogP contribution is -2.22. The van der Waals surface area contributed by atoms with Crippen LogP contribution in [0.1, 0.15) is 24.1 Å². The number of nitrogens with zero attached hydrogens (tertiary/aromatic N) is 1. The maximum Gasteiger partial charge on any atom is 0.441 e. The number of rotatable bonds is 2. The van der Waals surface area contributed by atoms with Crippen LogP contribution in [-0.4, -0.2) is 11.9 Å². The van der Waals surface area contributed by atoms with Crippen molar-refractivity contribution in [2.45, 2.75) is 19.1 Å². The van der Waals surface area contributed by atoms with E-state index in [9.17, 15) is 13.2 Å². The van der Waals surface area contributed by atoms with Crippen LogP contribution in [0, 0.1) is 11.8 Å². The Bertz CT molecular complexity index is 692. The van der Waals surface area contributed by atoms with Gasteiger partial charge in [-0.05, 0) is 30.5 Å². The van der Waals surface area contributed by atoms with Gasteiger partial charge in [0.15, 0.2) is 5.71 Å². The first-order valence-electron chi connectivity index (χ1n) is 6.74. The van der Waals surface area contributed by atoms with Crippen molar-refractivity contribution < 1.29 is 13.2 Å². The van der Waals surface area contributed by atoms with E-state index in [4.69, 9.17) is 0 Å². The molecule has 0 N–H and O–H groups in total. The average molecular weight is 301 g/mol. The van der Waals surface area contributed by atoms with Crippen molar-refractivity contribution in [2.75, 3.05) is 0 Å². The van der Waals surface area contributed by atoms with Gasteiger partial charge in [-0.3, -0.25) is 4.99 Å². The van der Waals surface area contributed by atoms with E-state index in [1.54, 1.807) is 67.6 Å². The van der Waals surface area contributed by atoms with Gasteiger partial charge in [-0.2, -0.15) is 13.2 Å². The lowest BCUT2D eigenvalue weighted by molar-refractivity contribution is -0.0575. The molecule has 112 valence electrons. The third-order valence-corrected chi connectivity index (χ3v) is 2.97. The first kappa shape index (κ1) is 15.8. The zero-order valence-electron chi connectivity index (χ0n) is 11.9. The molecule has 0 aliphatic carbocycles. The number of hydrogen-bond acceptors (Lipinski definition) is 1. The van der Waals surface area contributed by atoms with Crippen molar-refractivity contribution >= 4 is 5.71 Å². The normalized spacial score (nSPS) is 13.2. The highest BCUT2D eigenvalue weighted by Crippen LogP contribution is 2.22. The molecule has 0 saturated carbocycles. The van der Waals surface area contributed by atoms with E-state index in [1.807, 2.05) is 0 Å². The Hall–Kier alpha value is -2.54. The fourth-order valence-corrected chi connectivity index (χ4v) is 1.83. The summed E-state index contributed by atoms with van der Waals surface area (Å²) in [4.78, 5) is 3.75. The quantitative estimate of drug-likeness (QED) is 0.558. The molecule has 0 aromatic heterocycles. The number of benzene rings is 2. The van der Waals surface area contributed by atoms with E-state index >= 15 is 0 Å². The maximum absolute atomic E-state index is 13.1. The topological polar surface area (TPSA) is 12.4 Å². The largest absolute Gasteiger partial charge is 0.441 e. The number of halogens is 3. The van der Waals surface area contributed by atoms with E-state index in [2.05, 4.69) is 16.8 Å². The minimum atomic E-state index is -4.56. The number of hydrogen-bond donors (Lipinski definition) is 0. The Kier molecular flexibility index (Phi) is 5.00. The van der Waals surface area contributed by atoms with Gasteiger partial charge in [0.2, 0.25) is 0 Å². The molecule has 0 fully saturated rings. The molecule has 2 aromatic carbocycles. The minimum absolute atomic E-state index is 0.520. The van der Waals surface area contributed by atoms with E-state index < -0.39 is 17.9 Å². The monoisotopic (exact) mass is 301 g/mol. The third kappa shape index (κ3) is 4.49. The smallest absolute Gasteiger partial charge is 0.264 e. The third-order valence-electron chi connectivity index (χ3n) is 2.97. The van der Waals surface area contributed by atoms with Crippen LogP contribution in [0.4, 0.5) is 13.2 Å². The molecule has 0 aliphatic heterocycles. The zero-order chi connectivity index (χ0) is 16.0. The predicted molar refractivity (Wildman–Crippen MR) is 81.7 cm³/mol. The Morgan fingerprint density at radius 2 is 1.50 bits per heavy atom. The van der Waals surface area contributed by atoms with Gasteiger partial charge in [0.1, 0.15) is 0 Å². The second-order valence-electron chi connectivity index (χ2n) is 4.68. The molecule has 1 atom stereocenters. The molecule has 2 rings (SSSR count). The van der Waals surface area contributed by atoms with Crippen LogP contribution in [0.15, 0.2) is 65.7 Å². The van der Waals surface area contributed by atoms with Gasteiger partial charge >= 0.3 is 6.18 Å². The molecule has 2 aromatic rings. The molecule has 0 heterocycles. The van der Waals surface area contributed by atoms with Crippen LogP contribution >= 0.6 is 0 Å². The summed E-state index contributed by atoms with van der Waals surface area (Å²) in [5, 5.41) is 0. The Morgan fingerprint density at radius 1 is 0.955 bits per heavy atom. The lowest BCUT2D eigenvalue weighted by atomic mass is 10.1. The highest BCUT2D eigenvalue weighted by atomic mass is 19.4. The Labute approximate surface area is 127 Å². The van der Waals surface area contributed by atoms with Gasteiger partial charge in [-0.1, -0.05) is 54.5 Å². The van der Waals surface area contributed by atoms with E-state index in [0.717, 1.165) is 0 Å². The summed E-state index contributed by atoms with van der Waals surface area (Å²) in [6.07, 6.45) is -4.56. The molecule has 22 heavy (non-hydrogen) atoms. The van der Waals surface area contributed by atoms with Gasteiger partial charge in [0, 0.05) is 5.56 Å². The first-order chi connectivity index (χ1) is 10.5. The van der Waals surface area contributed by atoms with Crippen LogP contribution in [0.2, 0.25) is 0 Å². The van der Waals surface area contributed by atoms with Crippen LogP contribution in [-0.2, 0) is 0 Å². The summed E-state index contributed by atoms with van der Waals surface area (Å²) in [6, 6.07) is 16.8. The SMILES string of the molecule is C[C@H](N=C(C#Cc1ccccc1)C(F)(F)F)c1ccccc1. The Balaban J connectivity index is 2.32. The minimum Gasteiger partial charge on any atom is -0.264 e. The lowest BCUT2D eigenvalue weighted by Gasteiger charge is -2.10. The summed E-state index contributed by atoms with van der Waals surface area (Å²) in [5.41, 5.74) is 0.172. The highest BCUT2D eigenvalue weighted by molar-refractivity contribution is 6.05. The predicted octanol–water partition coefficient (Wildman–Crippen LogP) is 4.80. The van der Waals surface area contributed by atoms with Crippen LogP contribution in [0.5, 0.6) is 0 Å². The Morgan fingerprint density at radius 3 is 2.05 bits per heavy atom. The molecule has 0 saturated heterocycles. The summed E-state index contributed by atoms with van der Waals surface area (Å²) < 4.78 is 39.2. The number of aliphatic imine (C=N–C) groups is 1. The molecule has 0 radical (unpaired) electrons. The van der Waals surface area contributed by atoms with Crippen molar-refractivity contribution in [2.24, 2.45) is 4.99 Å². The molecule has 0 bridgehead atoms. The molecular formula is C18H14F3N. The van der Waals surface area contributed by atoms with Gasteiger partial charge in [-0.15, -0.1) is 0 Å². The molecule has 0 unspecified atom stereocenters. The molecule has 0 aliphatic rings. The van der Waals surface area contributed by atoms with Gasteiger partial charge < -0.3 is 0 Å². The van der Waals surface area contributed by atoms with Crippen molar-refractivity contribution in [1.82, 2.24) is 0 Å². The van der Waals surface area contributed by atoms with Crippen molar-refractivity contribution in [1.29, 1.82) is 0 Å². The number of alkyl halides is 3. The summed E-state index contributed by atoms with van der Waals surface area (Å²) in [6.45, 7) is 1.62. The molecule has 4 heteroatoms. The summed E-state index contributed by atoms with van der Waals surface area (Å²) >= 11 is 0. The van der Waals surface area contributed by atoms with Crippen LogP contribution in [0.3, 0.4) is 0 Å². The van der Waals surface area contributed by atoms with Gasteiger partial charge in [0.25, 0.3) is 0 Å². The van der Waals surface area contributed by atoms with Crippen molar-refractivity contribution in [3.05, 3.63) is 71.8 Å². The van der Waals surface area contributed by atoms with Crippen molar-refractivity contribution in [3.63, 3.8) is 0 Å². The molecule has 0 spiro atoms.